The summed E-state index contributed by atoms with van der Waals surface area (Å²) in [4.78, 5) is 18.4. The Morgan fingerprint density at radius 1 is 0.893 bits per heavy atom. The summed E-state index contributed by atoms with van der Waals surface area (Å²) in [5.41, 5.74) is 4.52. The van der Waals surface area contributed by atoms with E-state index in [0.717, 1.165) is 32.0 Å². The molecular formula is C23H17BrN2OS. The van der Waals surface area contributed by atoms with E-state index in [1.165, 1.54) is 4.88 Å². The molecule has 1 aromatic heterocycles. The maximum absolute atomic E-state index is 12.4. The normalized spacial score (nSPS) is 10.6. The van der Waals surface area contributed by atoms with Crippen LogP contribution < -0.4 is 5.32 Å². The van der Waals surface area contributed by atoms with Crippen LogP contribution in [0.2, 0.25) is 0 Å². The number of amides is 1. The Hall–Kier alpha value is -2.76. The third-order valence-electron chi connectivity index (χ3n) is 4.34. The van der Waals surface area contributed by atoms with Gasteiger partial charge in [0.05, 0.1) is 5.69 Å². The molecule has 0 saturated carbocycles. The molecule has 5 heteroatoms. The Morgan fingerprint density at radius 3 is 2.25 bits per heavy atom. The minimum atomic E-state index is -0.128. The van der Waals surface area contributed by atoms with Gasteiger partial charge < -0.3 is 5.32 Å². The number of carbonyl (C=O) groups is 1. The maximum atomic E-state index is 12.4. The minimum Gasteiger partial charge on any atom is -0.322 e. The third kappa shape index (κ3) is 4.06. The lowest BCUT2D eigenvalue weighted by atomic mass is 10.1. The molecule has 4 rings (SSSR count). The topological polar surface area (TPSA) is 42.0 Å². The zero-order valence-corrected chi connectivity index (χ0v) is 17.5. The number of nitrogens with zero attached hydrogens (tertiary/aromatic N) is 1. The van der Waals surface area contributed by atoms with E-state index >= 15 is 0 Å². The smallest absolute Gasteiger partial charge is 0.255 e. The van der Waals surface area contributed by atoms with Gasteiger partial charge in [0.25, 0.3) is 5.91 Å². The second-order valence-electron chi connectivity index (χ2n) is 6.33. The molecule has 0 bridgehead atoms. The Balaban J connectivity index is 1.53. The van der Waals surface area contributed by atoms with Crippen LogP contribution in [0.1, 0.15) is 15.2 Å². The molecule has 0 atom stereocenters. The van der Waals surface area contributed by atoms with Crippen molar-refractivity contribution in [3.05, 3.63) is 93.8 Å². The molecule has 0 spiro atoms. The summed E-state index contributed by atoms with van der Waals surface area (Å²) in [6.07, 6.45) is 0. The first-order valence-corrected chi connectivity index (χ1v) is 10.4. The number of hydrogen-bond donors (Lipinski definition) is 1. The SMILES string of the molecule is Cc1sc(-c2ccccc2)nc1-c1ccc(NC(=O)c2ccc(Br)cc2)cc1. The van der Waals surface area contributed by atoms with Crippen LogP contribution in [0, 0.1) is 6.92 Å². The van der Waals surface area contributed by atoms with E-state index < -0.39 is 0 Å². The Morgan fingerprint density at radius 2 is 1.57 bits per heavy atom. The fraction of sp³-hybridized carbons (Fsp3) is 0.0435. The number of halogens is 1. The summed E-state index contributed by atoms with van der Waals surface area (Å²) in [6, 6.07) is 25.3. The number of nitrogens with one attached hydrogen (secondary N) is 1. The summed E-state index contributed by atoms with van der Waals surface area (Å²) in [5.74, 6) is -0.128. The first-order valence-electron chi connectivity index (χ1n) is 8.80. The lowest BCUT2D eigenvalue weighted by Gasteiger charge is -2.06. The van der Waals surface area contributed by atoms with E-state index in [0.29, 0.717) is 5.56 Å². The standard InChI is InChI=1S/C23H17BrN2OS/c1-15-21(26-23(28-15)18-5-3-2-4-6-18)16-9-13-20(14-10-16)25-22(27)17-7-11-19(24)12-8-17/h2-14H,1H3,(H,25,27). The van der Waals surface area contributed by atoms with E-state index in [1.807, 2.05) is 54.6 Å². The molecule has 0 radical (unpaired) electrons. The van der Waals surface area contributed by atoms with Gasteiger partial charge in [-0.2, -0.15) is 0 Å². The van der Waals surface area contributed by atoms with E-state index in [4.69, 9.17) is 4.98 Å². The highest BCUT2D eigenvalue weighted by Crippen LogP contribution is 2.33. The molecule has 138 valence electrons. The predicted octanol–water partition coefficient (Wildman–Crippen LogP) is 6.80. The molecule has 1 amide bonds. The molecule has 1 N–H and O–H groups in total. The Bertz CT molecular complexity index is 1100. The van der Waals surface area contributed by atoms with Crippen molar-refractivity contribution in [2.45, 2.75) is 6.92 Å². The molecule has 28 heavy (non-hydrogen) atoms. The number of thiazole rings is 1. The quantitative estimate of drug-likeness (QED) is 0.372. The van der Waals surface area contributed by atoms with Crippen molar-refractivity contribution in [3.8, 4) is 21.8 Å². The van der Waals surface area contributed by atoms with Crippen molar-refractivity contribution >= 4 is 38.9 Å². The number of aryl methyl sites for hydroxylation is 1. The average Bonchev–Trinajstić information content (AvgIpc) is 3.11. The number of aromatic nitrogens is 1. The molecule has 3 aromatic carbocycles. The van der Waals surface area contributed by atoms with Crippen LogP contribution in [0.25, 0.3) is 21.8 Å². The van der Waals surface area contributed by atoms with E-state index in [9.17, 15) is 4.79 Å². The lowest BCUT2D eigenvalue weighted by Crippen LogP contribution is -2.11. The average molecular weight is 449 g/mol. The van der Waals surface area contributed by atoms with Crippen LogP contribution in [0.3, 0.4) is 0 Å². The first-order chi connectivity index (χ1) is 13.6. The molecule has 0 aliphatic heterocycles. The maximum Gasteiger partial charge on any atom is 0.255 e. The zero-order chi connectivity index (χ0) is 19.5. The van der Waals surface area contributed by atoms with Crippen LogP contribution in [-0.4, -0.2) is 10.9 Å². The van der Waals surface area contributed by atoms with Gasteiger partial charge in [-0.3, -0.25) is 4.79 Å². The van der Waals surface area contributed by atoms with Crippen molar-refractivity contribution in [2.24, 2.45) is 0 Å². The fourth-order valence-corrected chi connectivity index (χ4v) is 4.09. The Labute approximate surface area is 176 Å². The van der Waals surface area contributed by atoms with Crippen LogP contribution >= 0.6 is 27.3 Å². The summed E-state index contributed by atoms with van der Waals surface area (Å²) in [6.45, 7) is 2.09. The molecule has 0 unspecified atom stereocenters. The highest BCUT2D eigenvalue weighted by molar-refractivity contribution is 9.10. The Kier molecular flexibility index (Phi) is 5.37. The van der Waals surface area contributed by atoms with Crippen LogP contribution in [-0.2, 0) is 0 Å². The van der Waals surface area contributed by atoms with Gasteiger partial charge in [-0.25, -0.2) is 4.98 Å². The van der Waals surface area contributed by atoms with E-state index in [2.05, 4.69) is 40.3 Å². The highest BCUT2D eigenvalue weighted by Gasteiger charge is 2.12. The summed E-state index contributed by atoms with van der Waals surface area (Å²) < 4.78 is 0.946. The number of benzene rings is 3. The molecule has 0 fully saturated rings. The van der Waals surface area contributed by atoms with Crippen molar-refractivity contribution < 1.29 is 4.79 Å². The van der Waals surface area contributed by atoms with Gasteiger partial charge in [0, 0.05) is 31.7 Å². The molecule has 0 aliphatic rings. The second kappa shape index (κ2) is 8.09. The second-order valence-corrected chi connectivity index (χ2v) is 8.45. The summed E-state index contributed by atoms with van der Waals surface area (Å²) in [7, 11) is 0. The first kappa shape index (κ1) is 18.6. The van der Waals surface area contributed by atoms with Gasteiger partial charge in [-0.15, -0.1) is 11.3 Å². The monoisotopic (exact) mass is 448 g/mol. The molecule has 1 heterocycles. The van der Waals surface area contributed by atoms with Crippen LogP contribution in [0.15, 0.2) is 83.3 Å². The summed E-state index contributed by atoms with van der Waals surface area (Å²) in [5, 5.41) is 3.94. The number of rotatable bonds is 4. The number of carbonyl (C=O) groups excluding carboxylic acids is 1. The van der Waals surface area contributed by atoms with E-state index in [-0.39, 0.29) is 5.91 Å². The number of anilines is 1. The largest absolute Gasteiger partial charge is 0.322 e. The van der Waals surface area contributed by atoms with Crippen LogP contribution in [0.5, 0.6) is 0 Å². The third-order valence-corrected chi connectivity index (χ3v) is 5.89. The van der Waals surface area contributed by atoms with Gasteiger partial charge in [0.1, 0.15) is 5.01 Å². The van der Waals surface area contributed by atoms with Crippen molar-refractivity contribution in [1.82, 2.24) is 4.98 Å². The van der Waals surface area contributed by atoms with Gasteiger partial charge >= 0.3 is 0 Å². The molecule has 4 aromatic rings. The van der Waals surface area contributed by atoms with Crippen molar-refractivity contribution in [2.75, 3.05) is 5.32 Å². The summed E-state index contributed by atoms with van der Waals surface area (Å²) >= 11 is 5.07. The van der Waals surface area contributed by atoms with Gasteiger partial charge in [0.15, 0.2) is 0 Å². The zero-order valence-electron chi connectivity index (χ0n) is 15.1. The molecule has 0 saturated heterocycles. The molecular weight excluding hydrogens is 432 g/mol. The van der Waals surface area contributed by atoms with Crippen molar-refractivity contribution in [3.63, 3.8) is 0 Å². The van der Waals surface area contributed by atoms with E-state index in [1.54, 1.807) is 23.5 Å². The van der Waals surface area contributed by atoms with Gasteiger partial charge in [0.2, 0.25) is 0 Å². The molecule has 3 nitrogen and oxygen atoms in total. The van der Waals surface area contributed by atoms with Crippen LogP contribution in [0.4, 0.5) is 5.69 Å². The molecule has 0 aliphatic carbocycles. The van der Waals surface area contributed by atoms with Gasteiger partial charge in [-0.05, 0) is 43.3 Å². The fourth-order valence-electron chi connectivity index (χ4n) is 2.88. The highest BCUT2D eigenvalue weighted by atomic mass is 79.9. The van der Waals surface area contributed by atoms with Crippen molar-refractivity contribution in [1.29, 1.82) is 0 Å². The van der Waals surface area contributed by atoms with Gasteiger partial charge in [-0.1, -0.05) is 58.4 Å². The number of hydrogen-bond acceptors (Lipinski definition) is 3. The predicted molar refractivity (Wildman–Crippen MR) is 120 cm³/mol. The minimum absolute atomic E-state index is 0.128. The lowest BCUT2D eigenvalue weighted by molar-refractivity contribution is 0.102.